The number of pyridine rings is 1. The van der Waals surface area contributed by atoms with Crippen LogP contribution in [0.3, 0.4) is 0 Å². The lowest BCUT2D eigenvalue weighted by Crippen LogP contribution is -2.24. The zero-order chi connectivity index (χ0) is 18.2. The first-order chi connectivity index (χ1) is 11.8. The lowest BCUT2D eigenvalue weighted by molar-refractivity contribution is -0.137. The smallest absolute Gasteiger partial charge is 0.345 e. The zero-order valence-corrected chi connectivity index (χ0v) is 14.7. The Bertz CT molecular complexity index is 958. The molecule has 0 aliphatic heterocycles. The molecular formula is C15H9BrClF3N4O. The molecule has 1 N–H and O–H groups in total. The van der Waals surface area contributed by atoms with Gasteiger partial charge in [0.05, 0.1) is 22.7 Å². The fourth-order valence-electron chi connectivity index (χ4n) is 2.15. The van der Waals surface area contributed by atoms with Crippen LogP contribution in [0.2, 0.25) is 5.02 Å². The van der Waals surface area contributed by atoms with E-state index in [0.717, 1.165) is 12.3 Å². The number of nitrogens with one attached hydrogen (secondary N) is 1. The molecule has 2 heterocycles. The van der Waals surface area contributed by atoms with Gasteiger partial charge in [-0.3, -0.25) is 9.20 Å². The highest BCUT2D eigenvalue weighted by molar-refractivity contribution is 9.10. The summed E-state index contributed by atoms with van der Waals surface area (Å²) in [5.41, 5.74) is -0.346. The van der Waals surface area contributed by atoms with Gasteiger partial charge in [0.25, 0.3) is 5.91 Å². The number of rotatable bonds is 3. The third-order valence-corrected chi connectivity index (χ3v) is 4.20. The van der Waals surface area contributed by atoms with Gasteiger partial charge in [0.1, 0.15) is 0 Å². The first kappa shape index (κ1) is 17.7. The summed E-state index contributed by atoms with van der Waals surface area (Å²) in [4.78, 5) is 12.2. The molecule has 0 aliphatic carbocycles. The van der Waals surface area contributed by atoms with E-state index >= 15 is 0 Å². The number of halogens is 5. The van der Waals surface area contributed by atoms with Gasteiger partial charge in [0.15, 0.2) is 11.5 Å². The van der Waals surface area contributed by atoms with E-state index in [1.54, 1.807) is 18.2 Å². The maximum absolute atomic E-state index is 12.8. The van der Waals surface area contributed by atoms with Gasteiger partial charge in [0, 0.05) is 10.7 Å². The maximum Gasteiger partial charge on any atom is 0.417 e. The van der Waals surface area contributed by atoms with Crippen LogP contribution >= 0.6 is 27.5 Å². The van der Waals surface area contributed by atoms with Crippen molar-refractivity contribution < 1.29 is 18.0 Å². The van der Waals surface area contributed by atoms with Crippen molar-refractivity contribution in [3.05, 3.63) is 63.0 Å². The second-order valence-electron chi connectivity index (χ2n) is 5.07. The third-order valence-electron chi connectivity index (χ3n) is 3.38. The molecule has 0 spiro atoms. The molecule has 3 rings (SSSR count). The van der Waals surface area contributed by atoms with Crippen molar-refractivity contribution in [2.24, 2.45) is 0 Å². The highest BCUT2D eigenvalue weighted by Gasteiger charge is 2.31. The minimum Gasteiger partial charge on any atom is -0.345 e. The Morgan fingerprint density at radius 3 is 2.72 bits per heavy atom. The van der Waals surface area contributed by atoms with Gasteiger partial charge in [-0.2, -0.15) is 13.2 Å². The minimum atomic E-state index is -4.48. The lowest BCUT2D eigenvalue weighted by atomic mass is 10.2. The van der Waals surface area contributed by atoms with Crippen LogP contribution in [-0.2, 0) is 12.7 Å². The van der Waals surface area contributed by atoms with Crippen molar-refractivity contribution in [3.63, 3.8) is 0 Å². The first-order valence-corrected chi connectivity index (χ1v) is 8.07. The molecule has 0 saturated heterocycles. The van der Waals surface area contributed by atoms with Gasteiger partial charge < -0.3 is 5.32 Å². The van der Waals surface area contributed by atoms with Crippen LogP contribution in [0.1, 0.15) is 21.7 Å². The second-order valence-corrected chi connectivity index (χ2v) is 6.39. The number of amides is 1. The van der Waals surface area contributed by atoms with Crippen molar-refractivity contribution in [2.75, 3.05) is 0 Å². The number of fused-ring (bicyclic) bond motifs is 1. The third kappa shape index (κ3) is 3.77. The number of carbonyl (C=O) groups excluding carboxylic acids is 1. The van der Waals surface area contributed by atoms with Crippen LogP contribution in [0.25, 0.3) is 5.65 Å². The van der Waals surface area contributed by atoms with E-state index in [9.17, 15) is 18.0 Å². The van der Waals surface area contributed by atoms with Gasteiger partial charge in [-0.1, -0.05) is 27.5 Å². The monoisotopic (exact) mass is 432 g/mol. The molecule has 25 heavy (non-hydrogen) atoms. The Kier molecular flexibility index (Phi) is 4.70. The standard InChI is InChI=1S/C15H9BrClF3N4O/c16-9-2-3-11(17)10(5-9)14(25)21-6-13-23-22-12-4-1-8(7-24(12)13)15(18,19)20/h1-5,7H,6H2,(H,21,25). The first-order valence-electron chi connectivity index (χ1n) is 6.90. The summed E-state index contributed by atoms with van der Waals surface area (Å²) in [5.74, 6) is -0.310. The number of carbonyl (C=O) groups is 1. The number of nitrogens with zero attached hydrogens (tertiary/aromatic N) is 3. The van der Waals surface area contributed by atoms with Crippen LogP contribution < -0.4 is 5.32 Å². The number of hydrogen-bond acceptors (Lipinski definition) is 3. The van der Waals surface area contributed by atoms with E-state index in [1.807, 2.05) is 0 Å². The van der Waals surface area contributed by atoms with E-state index in [2.05, 4.69) is 31.4 Å². The molecule has 130 valence electrons. The SMILES string of the molecule is O=C(NCc1nnc2ccc(C(F)(F)F)cn12)c1cc(Br)ccc1Cl. The topological polar surface area (TPSA) is 59.3 Å². The molecule has 2 aromatic heterocycles. The fraction of sp³-hybridized carbons (Fsp3) is 0.133. The van der Waals surface area contributed by atoms with Crippen LogP contribution in [0, 0.1) is 0 Å². The molecule has 1 amide bonds. The Labute approximate surface area is 152 Å². The van der Waals surface area contributed by atoms with Crippen molar-refractivity contribution in [3.8, 4) is 0 Å². The zero-order valence-electron chi connectivity index (χ0n) is 12.3. The molecule has 3 aromatic rings. The predicted octanol–water partition coefficient (Wildman–Crippen LogP) is 4.09. The molecule has 0 saturated carbocycles. The lowest BCUT2D eigenvalue weighted by Gasteiger charge is -2.09. The van der Waals surface area contributed by atoms with E-state index in [0.29, 0.717) is 4.47 Å². The molecule has 10 heteroatoms. The van der Waals surface area contributed by atoms with Crippen LogP contribution in [0.15, 0.2) is 41.0 Å². The van der Waals surface area contributed by atoms with Crippen LogP contribution in [0.5, 0.6) is 0 Å². The number of aromatic nitrogens is 3. The van der Waals surface area contributed by atoms with E-state index in [4.69, 9.17) is 11.6 Å². The summed E-state index contributed by atoms with van der Waals surface area (Å²) in [5, 5.41) is 10.4. The molecule has 0 fully saturated rings. The Hall–Kier alpha value is -2.13. The minimum absolute atomic E-state index is 0.107. The number of alkyl halides is 3. The molecule has 5 nitrogen and oxygen atoms in total. The quantitative estimate of drug-likeness (QED) is 0.677. The largest absolute Gasteiger partial charge is 0.417 e. The molecule has 0 unspecified atom stereocenters. The van der Waals surface area contributed by atoms with Crippen LogP contribution in [0.4, 0.5) is 13.2 Å². The Balaban J connectivity index is 1.83. The fourth-order valence-corrected chi connectivity index (χ4v) is 2.72. The van der Waals surface area contributed by atoms with Crippen LogP contribution in [-0.4, -0.2) is 20.5 Å². The molecule has 0 bridgehead atoms. The van der Waals surface area contributed by atoms with Gasteiger partial charge in [-0.25, -0.2) is 0 Å². The molecular weight excluding hydrogens is 425 g/mol. The average Bonchev–Trinajstić information content (AvgIpc) is 2.96. The van der Waals surface area contributed by atoms with Crippen molar-refractivity contribution in [1.29, 1.82) is 0 Å². The summed E-state index contributed by atoms with van der Waals surface area (Å²) in [6, 6.07) is 6.92. The second kappa shape index (κ2) is 6.64. The highest BCUT2D eigenvalue weighted by Crippen LogP contribution is 2.29. The summed E-state index contributed by atoms with van der Waals surface area (Å²) < 4.78 is 40.3. The summed E-state index contributed by atoms with van der Waals surface area (Å²) >= 11 is 9.22. The molecule has 0 aliphatic rings. The summed E-state index contributed by atoms with van der Waals surface area (Å²) in [6.45, 7) is -0.107. The summed E-state index contributed by atoms with van der Waals surface area (Å²) in [6.07, 6.45) is -3.59. The predicted molar refractivity (Wildman–Crippen MR) is 88.3 cm³/mol. The van der Waals surface area contributed by atoms with E-state index < -0.39 is 17.6 Å². The van der Waals surface area contributed by atoms with Gasteiger partial charge in [0.2, 0.25) is 0 Å². The van der Waals surface area contributed by atoms with Crippen molar-refractivity contribution in [2.45, 2.75) is 12.7 Å². The Morgan fingerprint density at radius 1 is 1.24 bits per heavy atom. The number of hydrogen-bond donors (Lipinski definition) is 1. The molecule has 1 aromatic carbocycles. The molecule has 0 atom stereocenters. The van der Waals surface area contributed by atoms with E-state index in [1.165, 1.54) is 10.5 Å². The van der Waals surface area contributed by atoms with E-state index in [-0.39, 0.29) is 28.6 Å². The van der Waals surface area contributed by atoms with Gasteiger partial charge >= 0.3 is 6.18 Å². The Morgan fingerprint density at radius 2 is 2.00 bits per heavy atom. The van der Waals surface area contributed by atoms with Gasteiger partial charge in [-0.15, -0.1) is 10.2 Å². The molecule has 0 radical (unpaired) electrons. The normalized spacial score (nSPS) is 11.7. The van der Waals surface area contributed by atoms with Crippen molar-refractivity contribution >= 4 is 39.1 Å². The van der Waals surface area contributed by atoms with Crippen molar-refractivity contribution in [1.82, 2.24) is 19.9 Å². The maximum atomic E-state index is 12.8. The highest BCUT2D eigenvalue weighted by atomic mass is 79.9. The number of benzene rings is 1. The average molecular weight is 434 g/mol. The summed E-state index contributed by atoms with van der Waals surface area (Å²) in [7, 11) is 0. The van der Waals surface area contributed by atoms with Gasteiger partial charge in [-0.05, 0) is 30.3 Å².